The van der Waals surface area contributed by atoms with Crippen LogP contribution in [0.4, 0.5) is 17.5 Å². The van der Waals surface area contributed by atoms with Gasteiger partial charge in [-0.1, -0.05) is 35.8 Å². The SMILES string of the molecule is CC(C)CNc1ccnc(Nc2cccc(Br)c2)n1. The first kappa shape index (κ1) is 13.8. The van der Waals surface area contributed by atoms with Gasteiger partial charge in [-0.15, -0.1) is 0 Å². The molecule has 0 unspecified atom stereocenters. The van der Waals surface area contributed by atoms with Gasteiger partial charge in [0.25, 0.3) is 0 Å². The lowest BCUT2D eigenvalue weighted by atomic mass is 10.2. The summed E-state index contributed by atoms with van der Waals surface area (Å²) in [5, 5.41) is 6.46. The lowest BCUT2D eigenvalue weighted by Gasteiger charge is -2.10. The van der Waals surface area contributed by atoms with E-state index >= 15 is 0 Å². The number of aromatic nitrogens is 2. The van der Waals surface area contributed by atoms with Crippen molar-refractivity contribution in [2.45, 2.75) is 13.8 Å². The van der Waals surface area contributed by atoms with E-state index in [1.54, 1.807) is 6.20 Å². The quantitative estimate of drug-likeness (QED) is 0.872. The Bertz CT molecular complexity index is 542. The number of anilines is 3. The van der Waals surface area contributed by atoms with Crippen molar-refractivity contribution in [1.29, 1.82) is 0 Å². The molecule has 1 aromatic carbocycles. The van der Waals surface area contributed by atoms with E-state index in [2.05, 4.69) is 50.4 Å². The molecule has 100 valence electrons. The normalized spacial score (nSPS) is 10.5. The van der Waals surface area contributed by atoms with Gasteiger partial charge in [-0.3, -0.25) is 0 Å². The summed E-state index contributed by atoms with van der Waals surface area (Å²) in [7, 11) is 0. The molecular weight excluding hydrogens is 304 g/mol. The van der Waals surface area contributed by atoms with Crippen molar-refractivity contribution in [3.63, 3.8) is 0 Å². The summed E-state index contributed by atoms with van der Waals surface area (Å²) in [5.41, 5.74) is 0.954. The third-order valence-electron chi connectivity index (χ3n) is 2.43. The van der Waals surface area contributed by atoms with Gasteiger partial charge in [0.1, 0.15) is 5.82 Å². The monoisotopic (exact) mass is 320 g/mol. The second-order valence-corrected chi connectivity index (χ2v) is 5.59. The van der Waals surface area contributed by atoms with Crippen LogP contribution in [0.25, 0.3) is 0 Å². The Morgan fingerprint density at radius 3 is 2.84 bits per heavy atom. The third-order valence-corrected chi connectivity index (χ3v) is 2.92. The molecule has 0 atom stereocenters. The minimum atomic E-state index is 0.580. The number of nitrogens with zero attached hydrogens (tertiary/aromatic N) is 2. The minimum absolute atomic E-state index is 0.580. The van der Waals surface area contributed by atoms with Crippen LogP contribution in [0, 0.1) is 5.92 Å². The van der Waals surface area contributed by atoms with Crippen LogP contribution >= 0.6 is 15.9 Å². The Balaban J connectivity index is 2.06. The summed E-state index contributed by atoms with van der Waals surface area (Å²) >= 11 is 3.44. The van der Waals surface area contributed by atoms with Gasteiger partial charge in [0.2, 0.25) is 5.95 Å². The van der Waals surface area contributed by atoms with E-state index in [-0.39, 0.29) is 0 Å². The highest BCUT2D eigenvalue weighted by molar-refractivity contribution is 9.10. The highest BCUT2D eigenvalue weighted by Gasteiger charge is 2.01. The van der Waals surface area contributed by atoms with E-state index in [1.807, 2.05) is 30.3 Å². The zero-order valence-corrected chi connectivity index (χ0v) is 12.6. The van der Waals surface area contributed by atoms with Gasteiger partial charge in [-0.25, -0.2) is 4.98 Å². The van der Waals surface area contributed by atoms with Crippen LogP contribution in [0.5, 0.6) is 0 Å². The molecule has 0 amide bonds. The first-order valence-electron chi connectivity index (χ1n) is 6.23. The van der Waals surface area contributed by atoms with Gasteiger partial charge in [-0.05, 0) is 30.2 Å². The molecule has 1 heterocycles. The lowest BCUT2D eigenvalue weighted by molar-refractivity contribution is 0.687. The van der Waals surface area contributed by atoms with Crippen LogP contribution in [-0.2, 0) is 0 Å². The number of nitrogens with one attached hydrogen (secondary N) is 2. The zero-order valence-electron chi connectivity index (χ0n) is 11.0. The fourth-order valence-corrected chi connectivity index (χ4v) is 1.92. The van der Waals surface area contributed by atoms with Gasteiger partial charge in [-0.2, -0.15) is 4.98 Å². The molecular formula is C14H17BrN4. The third kappa shape index (κ3) is 4.52. The van der Waals surface area contributed by atoms with Gasteiger partial charge < -0.3 is 10.6 Å². The summed E-state index contributed by atoms with van der Waals surface area (Å²) < 4.78 is 1.02. The average molecular weight is 321 g/mol. The van der Waals surface area contributed by atoms with Crippen LogP contribution in [0.2, 0.25) is 0 Å². The topological polar surface area (TPSA) is 49.8 Å². The van der Waals surface area contributed by atoms with E-state index in [0.29, 0.717) is 11.9 Å². The van der Waals surface area contributed by atoms with E-state index in [4.69, 9.17) is 0 Å². The Morgan fingerprint density at radius 2 is 2.11 bits per heavy atom. The molecule has 19 heavy (non-hydrogen) atoms. The fraction of sp³-hybridized carbons (Fsp3) is 0.286. The van der Waals surface area contributed by atoms with Crippen molar-refractivity contribution >= 4 is 33.4 Å². The molecule has 4 nitrogen and oxygen atoms in total. The van der Waals surface area contributed by atoms with Crippen molar-refractivity contribution in [2.75, 3.05) is 17.2 Å². The van der Waals surface area contributed by atoms with Crippen molar-refractivity contribution in [3.8, 4) is 0 Å². The summed E-state index contributed by atoms with van der Waals surface area (Å²) in [6, 6.07) is 9.77. The molecule has 1 aromatic heterocycles. The smallest absolute Gasteiger partial charge is 0.229 e. The Morgan fingerprint density at radius 1 is 1.26 bits per heavy atom. The number of benzene rings is 1. The Kier molecular flexibility index (Phi) is 4.74. The molecule has 2 aromatic rings. The number of rotatable bonds is 5. The van der Waals surface area contributed by atoms with Gasteiger partial charge >= 0.3 is 0 Å². The van der Waals surface area contributed by atoms with Crippen LogP contribution < -0.4 is 10.6 Å². The average Bonchev–Trinajstić information content (AvgIpc) is 2.37. The number of hydrogen-bond acceptors (Lipinski definition) is 4. The Labute approximate surface area is 121 Å². The van der Waals surface area contributed by atoms with Gasteiger partial charge in [0.05, 0.1) is 0 Å². The summed E-state index contributed by atoms with van der Waals surface area (Å²) in [5.74, 6) is 2.00. The minimum Gasteiger partial charge on any atom is -0.370 e. The van der Waals surface area contributed by atoms with Crippen LogP contribution in [0.15, 0.2) is 41.0 Å². The standard InChI is InChI=1S/C14H17BrN4/c1-10(2)9-17-13-6-7-16-14(19-13)18-12-5-3-4-11(15)8-12/h3-8,10H,9H2,1-2H3,(H2,16,17,18,19). The molecule has 0 radical (unpaired) electrons. The van der Waals surface area contributed by atoms with E-state index in [9.17, 15) is 0 Å². The van der Waals surface area contributed by atoms with E-state index in [1.165, 1.54) is 0 Å². The molecule has 5 heteroatoms. The van der Waals surface area contributed by atoms with E-state index in [0.717, 1.165) is 22.5 Å². The van der Waals surface area contributed by atoms with E-state index < -0.39 is 0 Å². The first-order valence-corrected chi connectivity index (χ1v) is 7.02. The second kappa shape index (κ2) is 6.52. The van der Waals surface area contributed by atoms with Gasteiger partial charge in [0, 0.05) is 22.9 Å². The van der Waals surface area contributed by atoms with Crippen molar-refractivity contribution in [3.05, 3.63) is 41.0 Å². The maximum Gasteiger partial charge on any atom is 0.229 e. The molecule has 0 aliphatic heterocycles. The predicted octanol–water partition coefficient (Wildman–Crippen LogP) is 4.05. The fourth-order valence-electron chi connectivity index (χ4n) is 1.52. The molecule has 0 saturated carbocycles. The molecule has 0 fully saturated rings. The maximum absolute atomic E-state index is 4.42. The zero-order chi connectivity index (χ0) is 13.7. The predicted molar refractivity (Wildman–Crippen MR) is 82.8 cm³/mol. The van der Waals surface area contributed by atoms with Crippen molar-refractivity contribution in [2.24, 2.45) is 5.92 Å². The summed E-state index contributed by atoms with van der Waals surface area (Å²) in [6.45, 7) is 5.22. The van der Waals surface area contributed by atoms with Crippen LogP contribution in [-0.4, -0.2) is 16.5 Å². The maximum atomic E-state index is 4.42. The summed E-state index contributed by atoms with van der Waals surface area (Å²) in [4.78, 5) is 8.63. The van der Waals surface area contributed by atoms with Gasteiger partial charge in [0.15, 0.2) is 0 Å². The molecule has 0 spiro atoms. The first-order chi connectivity index (χ1) is 9.13. The van der Waals surface area contributed by atoms with Crippen molar-refractivity contribution in [1.82, 2.24) is 9.97 Å². The number of hydrogen-bond donors (Lipinski definition) is 2. The van der Waals surface area contributed by atoms with Crippen molar-refractivity contribution < 1.29 is 0 Å². The number of halogens is 1. The highest BCUT2D eigenvalue weighted by Crippen LogP contribution is 2.18. The molecule has 0 bridgehead atoms. The lowest BCUT2D eigenvalue weighted by Crippen LogP contribution is -2.10. The highest BCUT2D eigenvalue weighted by atomic mass is 79.9. The summed E-state index contributed by atoms with van der Waals surface area (Å²) in [6.07, 6.45) is 1.75. The molecule has 0 aliphatic carbocycles. The van der Waals surface area contributed by atoms with Crippen LogP contribution in [0.3, 0.4) is 0 Å². The molecule has 2 rings (SSSR count). The molecule has 0 aliphatic rings. The van der Waals surface area contributed by atoms with Crippen LogP contribution in [0.1, 0.15) is 13.8 Å². The molecule has 2 N–H and O–H groups in total. The second-order valence-electron chi connectivity index (χ2n) is 4.68. The largest absolute Gasteiger partial charge is 0.370 e. The molecule has 0 saturated heterocycles. The Hall–Kier alpha value is -1.62.